The number of rotatable bonds is 11. The van der Waals surface area contributed by atoms with Gasteiger partial charge in [-0.05, 0) is 69.2 Å². The number of amides is 1. The summed E-state index contributed by atoms with van der Waals surface area (Å²) in [6, 6.07) is 10.2. The van der Waals surface area contributed by atoms with Crippen molar-refractivity contribution in [3.63, 3.8) is 0 Å². The molecule has 48 heavy (non-hydrogen) atoms. The number of thioether (sulfide) groups is 1. The molecule has 3 aromatic rings. The number of hydrogen-bond acceptors (Lipinski definition) is 8. The van der Waals surface area contributed by atoms with Crippen molar-refractivity contribution in [2.24, 2.45) is 13.0 Å². The van der Waals surface area contributed by atoms with Gasteiger partial charge in [0.25, 0.3) is 5.91 Å². The minimum atomic E-state index is -1.35. The number of nitrogens with one attached hydrogen (secondary N) is 1. The number of carbonyl (C=O) groups is 3. The summed E-state index contributed by atoms with van der Waals surface area (Å²) in [6.07, 6.45) is 5.73. The molecular formula is C36H44ClFN4O5S. The second-order valence-electron chi connectivity index (χ2n) is 12.9. The highest BCUT2D eigenvalue weighted by atomic mass is 35.5. The molecule has 258 valence electrons. The molecule has 2 saturated heterocycles. The largest absolute Gasteiger partial charge is 0.466 e. The average Bonchev–Trinajstić information content (AvgIpc) is 3.76. The highest BCUT2D eigenvalue weighted by Gasteiger charge is 2.52. The summed E-state index contributed by atoms with van der Waals surface area (Å²) in [4.78, 5) is 44.7. The van der Waals surface area contributed by atoms with Gasteiger partial charge in [0.2, 0.25) is 5.85 Å². The fraction of sp³-hybridized carbons (Fsp3) is 0.528. The number of aryl methyl sites for hydroxylation is 1. The van der Waals surface area contributed by atoms with Crippen molar-refractivity contribution in [2.45, 2.75) is 63.8 Å². The van der Waals surface area contributed by atoms with E-state index in [4.69, 9.17) is 21.1 Å². The molecule has 3 fully saturated rings. The maximum absolute atomic E-state index is 15.9. The maximum atomic E-state index is 15.9. The number of esters is 1. The first-order chi connectivity index (χ1) is 23.2. The number of hydrogen-bond donors (Lipinski definition) is 1. The molecule has 2 aromatic carbocycles. The van der Waals surface area contributed by atoms with Crippen LogP contribution < -0.4 is 5.32 Å². The minimum Gasteiger partial charge on any atom is -0.466 e. The third-order valence-electron chi connectivity index (χ3n) is 9.84. The van der Waals surface area contributed by atoms with Crippen LogP contribution in [0.15, 0.2) is 42.6 Å². The first-order valence-corrected chi connectivity index (χ1v) is 18.5. The predicted octanol–water partition coefficient (Wildman–Crippen LogP) is 6.27. The van der Waals surface area contributed by atoms with Crippen molar-refractivity contribution < 1.29 is 28.2 Å². The summed E-state index contributed by atoms with van der Waals surface area (Å²) >= 11 is 8.50. The van der Waals surface area contributed by atoms with Crippen molar-refractivity contribution >= 4 is 57.6 Å². The van der Waals surface area contributed by atoms with Crippen molar-refractivity contribution in [3.8, 4) is 0 Å². The highest BCUT2D eigenvalue weighted by molar-refractivity contribution is 7.99. The lowest BCUT2D eigenvalue weighted by Gasteiger charge is -2.50. The average molecular weight is 699 g/mol. The van der Waals surface area contributed by atoms with Crippen molar-refractivity contribution in [1.82, 2.24) is 14.4 Å². The normalized spacial score (nSPS) is 22.0. The SMILES string of the molecule is CCOC(=O)C1CCC(OC(C(=O)Cc2cc(Cl)c(NC(=O)c3cn(C)c4ccccc34)cc2F)(N2CCCC2)N2CCSCC2)CC1. The fourth-order valence-corrected chi connectivity index (χ4v) is 8.52. The van der Waals surface area contributed by atoms with Crippen LogP contribution in [0.3, 0.4) is 0 Å². The third kappa shape index (κ3) is 7.16. The molecule has 1 saturated carbocycles. The van der Waals surface area contributed by atoms with Crippen LogP contribution in [0.4, 0.5) is 10.1 Å². The molecule has 12 heteroatoms. The molecule has 1 atom stereocenters. The second kappa shape index (κ2) is 15.3. The molecule has 0 spiro atoms. The van der Waals surface area contributed by atoms with Crippen LogP contribution in [-0.2, 0) is 32.5 Å². The van der Waals surface area contributed by atoms with Crippen molar-refractivity contribution in [1.29, 1.82) is 0 Å². The number of anilines is 1. The van der Waals surface area contributed by atoms with Gasteiger partial charge in [-0.15, -0.1) is 0 Å². The minimum absolute atomic E-state index is 0.136. The van der Waals surface area contributed by atoms with Gasteiger partial charge in [-0.1, -0.05) is 29.8 Å². The van der Waals surface area contributed by atoms with Gasteiger partial charge in [-0.3, -0.25) is 24.2 Å². The summed E-state index contributed by atoms with van der Waals surface area (Å²) in [7, 11) is 1.86. The molecule has 9 nitrogen and oxygen atoms in total. The number of ether oxygens (including phenoxy) is 2. The zero-order valence-electron chi connectivity index (χ0n) is 27.6. The fourth-order valence-electron chi connectivity index (χ4n) is 7.38. The maximum Gasteiger partial charge on any atom is 0.308 e. The van der Waals surface area contributed by atoms with Gasteiger partial charge in [0.1, 0.15) is 5.82 Å². The molecule has 6 rings (SSSR count). The molecule has 1 unspecified atom stereocenters. The zero-order valence-corrected chi connectivity index (χ0v) is 29.2. The predicted molar refractivity (Wildman–Crippen MR) is 187 cm³/mol. The Hall–Kier alpha value is -2.96. The van der Waals surface area contributed by atoms with Crippen molar-refractivity contribution in [2.75, 3.05) is 49.6 Å². The molecule has 0 bridgehead atoms. The van der Waals surface area contributed by atoms with Gasteiger partial charge in [-0.2, -0.15) is 11.8 Å². The van der Waals surface area contributed by atoms with E-state index in [0.29, 0.717) is 64.0 Å². The van der Waals surface area contributed by atoms with Gasteiger partial charge < -0.3 is 19.4 Å². The Morgan fingerprint density at radius 1 is 1.02 bits per heavy atom. The number of ketones is 1. The zero-order chi connectivity index (χ0) is 33.8. The first-order valence-electron chi connectivity index (χ1n) is 17.0. The second-order valence-corrected chi connectivity index (χ2v) is 14.5. The van der Waals surface area contributed by atoms with Crippen LogP contribution in [-0.4, -0.2) is 88.3 Å². The van der Waals surface area contributed by atoms with Crippen LogP contribution in [0, 0.1) is 11.7 Å². The van der Waals surface area contributed by atoms with Crippen LogP contribution in [0.1, 0.15) is 61.4 Å². The summed E-state index contributed by atoms with van der Waals surface area (Å²) < 4.78 is 30.0. The van der Waals surface area contributed by atoms with E-state index in [9.17, 15) is 14.4 Å². The molecule has 3 heterocycles. The summed E-state index contributed by atoms with van der Waals surface area (Å²) in [5.41, 5.74) is 1.64. The Morgan fingerprint density at radius 3 is 2.42 bits per heavy atom. The van der Waals surface area contributed by atoms with Crippen LogP contribution in [0.2, 0.25) is 5.02 Å². The first kappa shape index (κ1) is 34.9. The Bertz CT molecular complexity index is 1650. The molecule has 3 aliphatic rings. The number of nitrogens with zero attached hydrogens (tertiary/aromatic N) is 3. The lowest BCUT2D eigenvalue weighted by atomic mass is 9.87. The monoisotopic (exact) mass is 698 g/mol. The van der Waals surface area contributed by atoms with Crippen LogP contribution in [0.5, 0.6) is 0 Å². The number of benzene rings is 2. The molecule has 1 aromatic heterocycles. The highest BCUT2D eigenvalue weighted by Crippen LogP contribution is 2.38. The number of aromatic nitrogens is 1. The molecule has 0 radical (unpaired) electrons. The van der Waals surface area contributed by atoms with Gasteiger partial charge in [0.05, 0.1) is 34.9 Å². The number of Topliss-reactive ketones (excluding diaryl/α,β-unsaturated/α-hetero) is 1. The topological polar surface area (TPSA) is 93.1 Å². The Labute approximate surface area is 290 Å². The van der Waals surface area contributed by atoms with Crippen LogP contribution in [0.25, 0.3) is 10.9 Å². The number of para-hydroxylation sites is 1. The van der Waals surface area contributed by atoms with E-state index in [0.717, 1.165) is 35.3 Å². The third-order valence-corrected chi connectivity index (χ3v) is 11.1. The lowest BCUT2D eigenvalue weighted by Crippen LogP contribution is -2.69. The molecule has 1 amide bonds. The number of likely N-dealkylation sites (tertiary alicyclic amines) is 1. The Kier molecular flexibility index (Phi) is 11.1. The summed E-state index contributed by atoms with van der Waals surface area (Å²) in [5.74, 6) is -1.20. The van der Waals surface area contributed by atoms with Crippen molar-refractivity contribution in [3.05, 3.63) is 64.6 Å². The number of fused-ring (bicyclic) bond motifs is 1. The molecule has 2 aliphatic heterocycles. The van der Waals surface area contributed by atoms with Gasteiger partial charge >= 0.3 is 5.97 Å². The summed E-state index contributed by atoms with van der Waals surface area (Å²) in [5, 5.41) is 3.69. The van der Waals surface area contributed by atoms with E-state index < -0.39 is 17.6 Å². The van der Waals surface area contributed by atoms with Gasteiger partial charge in [0, 0.05) is 68.3 Å². The smallest absolute Gasteiger partial charge is 0.308 e. The van der Waals surface area contributed by atoms with E-state index in [2.05, 4.69) is 15.1 Å². The molecule has 1 N–H and O–H groups in total. The number of carbonyl (C=O) groups excluding carboxylic acids is 3. The van der Waals surface area contributed by atoms with Crippen LogP contribution >= 0.6 is 23.4 Å². The Morgan fingerprint density at radius 2 is 1.71 bits per heavy atom. The van der Waals surface area contributed by atoms with Gasteiger partial charge in [-0.25, -0.2) is 4.39 Å². The van der Waals surface area contributed by atoms with E-state index in [1.54, 1.807) is 6.20 Å². The quantitative estimate of drug-likeness (QED) is 0.234. The standard InChI is InChI=1S/C36H44ClFN4O5S/c1-3-46-35(45)24-10-12-26(13-11-24)47-36(41-14-6-7-15-41,42-16-18-48-19-17-42)33(43)21-25-20-29(37)31(22-30(25)38)39-34(44)28-23-40(2)32-9-5-4-8-27(28)32/h4-5,8-9,20,22-24,26H,3,6-7,10-19,21H2,1-2H3,(H,39,44). The number of halogens is 2. The summed E-state index contributed by atoms with van der Waals surface area (Å²) in [6.45, 7) is 4.92. The van der Waals surface area contributed by atoms with Gasteiger partial charge in [0.15, 0.2) is 5.78 Å². The van der Waals surface area contributed by atoms with E-state index in [1.807, 2.05) is 54.6 Å². The van der Waals surface area contributed by atoms with E-state index in [-0.39, 0.29) is 46.5 Å². The lowest BCUT2D eigenvalue weighted by molar-refractivity contribution is -0.254. The van der Waals surface area contributed by atoms with E-state index in [1.165, 1.54) is 12.1 Å². The molecular weight excluding hydrogens is 655 g/mol. The Balaban J connectivity index is 1.25. The molecule has 1 aliphatic carbocycles. The van der Waals surface area contributed by atoms with E-state index >= 15 is 4.39 Å².